The molecule has 0 aliphatic heterocycles. The van der Waals surface area contributed by atoms with E-state index in [-0.39, 0.29) is 5.41 Å². The molecule has 0 radical (unpaired) electrons. The van der Waals surface area contributed by atoms with Crippen LogP contribution in [0.25, 0.3) is 105 Å². The fourth-order valence-corrected chi connectivity index (χ4v) is 9.86. The van der Waals surface area contributed by atoms with Crippen molar-refractivity contribution in [2.75, 3.05) is 0 Å². The van der Waals surface area contributed by atoms with E-state index in [0.717, 1.165) is 39.1 Å². The van der Waals surface area contributed by atoms with E-state index in [1.54, 1.807) is 0 Å². The van der Waals surface area contributed by atoms with Crippen molar-refractivity contribution in [3.05, 3.63) is 205 Å². The number of aromatic nitrogens is 3. The van der Waals surface area contributed by atoms with Crippen molar-refractivity contribution < 1.29 is 0 Å². The minimum Gasteiger partial charge on any atom is -0.353 e. The number of hydrogen-bond acceptors (Lipinski definition) is 1. The number of pyridine rings is 1. The molecule has 0 saturated carbocycles. The molecule has 0 unspecified atom stereocenters. The second-order valence-corrected chi connectivity index (χ2v) is 16.4. The van der Waals surface area contributed by atoms with Crippen LogP contribution in [0, 0.1) is 0 Å². The van der Waals surface area contributed by atoms with Crippen LogP contribution in [-0.2, 0) is 5.41 Å². The molecule has 0 saturated heterocycles. The number of hydrogen-bond donors (Lipinski definition) is 1. The lowest BCUT2D eigenvalue weighted by atomic mass is 9.82. The number of nitrogens with one attached hydrogen (secondary N) is 1. The average Bonchev–Trinajstić information content (AvgIpc) is 3.91. The Morgan fingerprint density at radius 2 is 1.00 bits per heavy atom. The molecule has 0 fully saturated rings. The molecule has 59 heavy (non-hydrogen) atoms. The minimum atomic E-state index is -0.0884. The highest BCUT2D eigenvalue weighted by Gasteiger charge is 2.36. The smallest absolute Gasteiger partial charge is 0.0736 e. The van der Waals surface area contributed by atoms with Crippen LogP contribution in [0.15, 0.2) is 194 Å². The van der Waals surface area contributed by atoms with Crippen molar-refractivity contribution in [1.29, 1.82) is 0 Å². The third-order valence-corrected chi connectivity index (χ3v) is 12.7. The molecule has 0 spiro atoms. The summed E-state index contributed by atoms with van der Waals surface area (Å²) in [4.78, 5) is 9.27. The van der Waals surface area contributed by atoms with Crippen LogP contribution < -0.4 is 0 Å². The maximum Gasteiger partial charge on any atom is 0.0736 e. The number of para-hydroxylation sites is 3. The van der Waals surface area contributed by atoms with Crippen molar-refractivity contribution in [1.82, 2.24) is 14.5 Å². The van der Waals surface area contributed by atoms with Gasteiger partial charge in [0.05, 0.1) is 33.5 Å². The van der Waals surface area contributed by atoms with E-state index in [1.165, 1.54) is 77.2 Å². The summed E-state index contributed by atoms with van der Waals surface area (Å²) >= 11 is 0. The van der Waals surface area contributed by atoms with E-state index in [9.17, 15) is 0 Å². The SMILES string of the molecule is CC1(C)c2ccccc2-c2cc3c4cc(-c5cccc6c5[nH]c5c(-c7cc(-c8ccccc8)cc(-c8ccccc8)n7)cccc56)ccc4n(-c4ccccc4)c3cc21. The van der Waals surface area contributed by atoms with Crippen molar-refractivity contribution in [3.63, 3.8) is 0 Å². The first kappa shape index (κ1) is 33.6. The Labute approximate surface area is 342 Å². The first-order valence-electron chi connectivity index (χ1n) is 20.5. The van der Waals surface area contributed by atoms with Gasteiger partial charge in [0.2, 0.25) is 0 Å². The zero-order chi connectivity index (χ0) is 39.2. The van der Waals surface area contributed by atoms with Gasteiger partial charge in [0, 0.05) is 49.3 Å². The van der Waals surface area contributed by atoms with Crippen LogP contribution in [-0.4, -0.2) is 14.5 Å². The summed E-state index contributed by atoms with van der Waals surface area (Å²) in [5, 5.41) is 4.90. The molecule has 0 atom stereocenters. The van der Waals surface area contributed by atoms with Gasteiger partial charge in [0.25, 0.3) is 0 Å². The third kappa shape index (κ3) is 5.11. The van der Waals surface area contributed by atoms with E-state index in [0.29, 0.717) is 0 Å². The Bertz CT molecular complexity index is 3390. The van der Waals surface area contributed by atoms with Gasteiger partial charge in [-0.3, -0.25) is 0 Å². The van der Waals surface area contributed by atoms with Crippen LogP contribution in [0.1, 0.15) is 25.0 Å². The molecule has 8 aromatic carbocycles. The summed E-state index contributed by atoms with van der Waals surface area (Å²) in [6, 6.07) is 70.5. The monoisotopic (exact) mass is 753 g/mol. The Hall–Kier alpha value is -7.49. The summed E-state index contributed by atoms with van der Waals surface area (Å²) in [6.07, 6.45) is 0. The summed E-state index contributed by atoms with van der Waals surface area (Å²) in [6.45, 7) is 4.73. The molecule has 0 amide bonds. The minimum absolute atomic E-state index is 0.0884. The van der Waals surface area contributed by atoms with E-state index in [4.69, 9.17) is 4.98 Å². The molecule has 3 heterocycles. The number of rotatable bonds is 5. The first-order valence-corrected chi connectivity index (χ1v) is 20.5. The number of benzene rings is 8. The van der Waals surface area contributed by atoms with Gasteiger partial charge < -0.3 is 9.55 Å². The zero-order valence-corrected chi connectivity index (χ0v) is 32.9. The molecule has 278 valence electrons. The molecular weight excluding hydrogens is 715 g/mol. The maximum absolute atomic E-state index is 5.32. The van der Waals surface area contributed by atoms with E-state index < -0.39 is 0 Å². The largest absolute Gasteiger partial charge is 0.353 e. The van der Waals surface area contributed by atoms with E-state index in [1.807, 2.05) is 0 Å². The predicted molar refractivity (Wildman–Crippen MR) is 247 cm³/mol. The highest BCUT2D eigenvalue weighted by atomic mass is 15.0. The van der Waals surface area contributed by atoms with Crippen molar-refractivity contribution in [2.24, 2.45) is 0 Å². The number of nitrogens with zero attached hydrogens (tertiary/aromatic N) is 2. The summed E-state index contributed by atoms with van der Waals surface area (Å²) in [5.74, 6) is 0. The Morgan fingerprint density at radius 1 is 0.390 bits per heavy atom. The number of fused-ring (bicyclic) bond motifs is 9. The number of H-pyrrole nitrogens is 1. The van der Waals surface area contributed by atoms with Crippen LogP contribution >= 0.6 is 0 Å². The fourth-order valence-electron chi connectivity index (χ4n) is 9.86. The van der Waals surface area contributed by atoms with Gasteiger partial charge in [-0.15, -0.1) is 0 Å². The molecule has 0 bridgehead atoms. The van der Waals surface area contributed by atoms with Gasteiger partial charge in [-0.2, -0.15) is 0 Å². The van der Waals surface area contributed by atoms with Crippen molar-refractivity contribution in [2.45, 2.75) is 19.3 Å². The first-order chi connectivity index (χ1) is 29.0. The quantitative estimate of drug-likeness (QED) is 0.187. The van der Waals surface area contributed by atoms with Gasteiger partial charge in [0.15, 0.2) is 0 Å². The molecular formula is C56H39N3. The van der Waals surface area contributed by atoms with Gasteiger partial charge in [-0.1, -0.05) is 159 Å². The Balaban J connectivity index is 1.07. The lowest BCUT2D eigenvalue weighted by Crippen LogP contribution is -2.14. The van der Waals surface area contributed by atoms with Crippen molar-refractivity contribution in [3.8, 4) is 61.6 Å². The standard InChI is InChI=1S/C56H39N3/c1-56(2)48-27-13-12-22-41(48)45-33-47-46-30-37(28-29-52(46)59(53(47)34-49(45)56)39-20-10-5-11-21-39)40-23-14-24-42-43-25-15-26-44(55(43)58-54(40)42)51-32-38(35-16-6-3-7-17-35)31-50(57-51)36-18-8-4-9-19-36/h3-34,58H,1-2H3. The van der Waals surface area contributed by atoms with Crippen LogP contribution in [0.2, 0.25) is 0 Å². The normalized spacial score (nSPS) is 13.1. The highest BCUT2D eigenvalue weighted by Crippen LogP contribution is 2.51. The third-order valence-electron chi connectivity index (χ3n) is 12.7. The van der Waals surface area contributed by atoms with E-state index >= 15 is 0 Å². The Morgan fingerprint density at radius 3 is 1.76 bits per heavy atom. The van der Waals surface area contributed by atoms with Gasteiger partial charge >= 0.3 is 0 Å². The van der Waals surface area contributed by atoms with Crippen LogP contribution in [0.5, 0.6) is 0 Å². The molecule has 3 nitrogen and oxygen atoms in total. The van der Waals surface area contributed by atoms with E-state index in [2.05, 4.69) is 218 Å². The maximum atomic E-state index is 5.32. The van der Waals surface area contributed by atoms with Crippen molar-refractivity contribution >= 4 is 43.6 Å². The van der Waals surface area contributed by atoms with Gasteiger partial charge in [-0.25, -0.2) is 4.98 Å². The summed E-state index contributed by atoms with van der Waals surface area (Å²) in [7, 11) is 0. The summed E-state index contributed by atoms with van der Waals surface area (Å²) in [5.41, 5.74) is 19.9. The second-order valence-electron chi connectivity index (χ2n) is 16.4. The number of aromatic amines is 1. The fraction of sp³-hybridized carbons (Fsp3) is 0.0536. The second kappa shape index (κ2) is 12.8. The molecule has 12 rings (SSSR count). The van der Waals surface area contributed by atoms with Crippen LogP contribution in [0.4, 0.5) is 0 Å². The predicted octanol–water partition coefficient (Wildman–Crippen LogP) is 14.8. The van der Waals surface area contributed by atoms with Gasteiger partial charge in [-0.05, 0) is 87.5 Å². The molecule has 11 aromatic rings. The average molecular weight is 754 g/mol. The molecule has 3 aromatic heterocycles. The molecule has 1 N–H and O–H groups in total. The molecule has 1 aliphatic carbocycles. The summed E-state index contributed by atoms with van der Waals surface area (Å²) < 4.78 is 2.45. The molecule has 1 aliphatic rings. The topological polar surface area (TPSA) is 33.6 Å². The Kier molecular flexibility index (Phi) is 7.27. The lowest BCUT2D eigenvalue weighted by molar-refractivity contribution is 0.661. The molecule has 3 heteroatoms. The lowest BCUT2D eigenvalue weighted by Gasteiger charge is -2.21. The zero-order valence-electron chi connectivity index (χ0n) is 32.9. The van der Waals surface area contributed by atoms with Crippen LogP contribution in [0.3, 0.4) is 0 Å². The van der Waals surface area contributed by atoms with Gasteiger partial charge in [0.1, 0.15) is 0 Å². The highest BCUT2D eigenvalue weighted by molar-refractivity contribution is 6.17.